The van der Waals surface area contributed by atoms with Crippen molar-refractivity contribution >= 4 is 65.8 Å². The van der Waals surface area contributed by atoms with Crippen LogP contribution in [0.25, 0.3) is 94.1 Å². The van der Waals surface area contributed by atoms with Gasteiger partial charge in [0.2, 0.25) is 0 Å². The second-order valence-electron chi connectivity index (χ2n) is 11.4. The Morgan fingerprint density at radius 3 is 2.02 bits per heavy atom. The van der Waals surface area contributed by atoms with Crippen molar-refractivity contribution in [2.45, 2.75) is 0 Å². The van der Waals surface area contributed by atoms with E-state index in [1.807, 2.05) is 60.7 Å². The van der Waals surface area contributed by atoms with E-state index in [2.05, 4.69) is 83.4 Å². The van der Waals surface area contributed by atoms with Crippen LogP contribution in [0.15, 0.2) is 148 Å². The zero-order valence-corrected chi connectivity index (χ0v) is 23.9. The summed E-state index contributed by atoms with van der Waals surface area (Å²) in [6, 6.07) is 47.9. The summed E-state index contributed by atoms with van der Waals surface area (Å²) < 4.78 is 15.1. The fourth-order valence-corrected chi connectivity index (χ4v) is 6.76. The summed E-state index contributed by atoms with van der Waals surface area (Å²) in [5, 5.41) is 5.60. The number of fused-ring (bicyclic) bond motifs is 9. The molecule has 10 aromatic rings. The van der Waals surface area contributed by atoms with E-state index in [4.69, 9.17) is 18.8 Å². The molecule has 0 spiro atoms. The quantitative estimate of drug-likeness (QED) is 0.210. The van der Waals surface area contributed by atoms with E-state index in [9.17, 15) is 0 Å². The molecule has 5 nitrogen and oxygen atoms in total. The van der Waals surface area contributed by atoms with E-state index < -0.39 is 0 Å². The molecule has 210 valence electrons. The van der Waals surface area contributed by atoms with E-state index in [-0.39, 0.29) is 0 Å². The van der Waals surface area contributed by atoms with Crippen molar-refractivity contribution in [2.24, 2.45) is 0 Å². The number of nitrogens with zero attached hydrogens (tertiary/aromatic N) is 3. The van der Waals surface area contributed by atoms with E-state index in [0.717, 1.165) is 72.0 Å². The van der Waals surface area contributed by atoms with Crippen LogP contribution in [-0.2, 0) is 0 Å². The van der Waals surface area contributed by atoms with Crippen LogP contribution in [0.4, 0.5) is 0 Å². The fraction of sp³-hybridized carbons (Fsp3) is 0. The zero-order chi connectivity index (χ0) is 29.5. The van der Waals surface area contributed by atoms with Gasteiger partial charge in [0.1, 0.15) is 28.0 Å². The van der Waals surface area contributed by atoms with Crippen LogP contribution in [0.5, 0.6) is 0 Å². The lowest BCUT2D eigenvalue weighted by molar-refractivity contribution is 0.667. The first-order chi connectivity index (χ1) is 22.3. The third-order valence-electron chi connectivity index (χ3n) is 8.80. The Balaban J connectivity index is 1.25. The normalized spacial score (nSPS) is 12.0. The van der Waals surface area contributed by atoms with Gasteiger partial charge in [0.05, 0.1) is 11.0 Å². The van der Waals surface area contributed by atoms with Gasteiger partial charge >= 0.3 is 0 Å². The van der Waals surface area contributed by atoms with Gasteiger partial charge in [0.15, 0.2) is 11.4 Å². The Hall–Kier alpha value is -6.20. The molecule has 0 N–H and O–H groups in total. The number of para-hydroxylation sites is 3. The number of hydrogen-bond donors (Lipinski definition) is 0. The molecule has 0 saturated carbocycles. The van der Waals surface area contributed by atoms with E-state index in [0.29, 0.717) is 11.4 Å². The summed E-state index contributed by atoms with van der Waals surface area (Å²) in [6.07, 6.45) is 0. The lowest BCUT2D eigenvalue weighted by atomic mass is 10.1. The van der Waals surface area contributed by atoms with Crippen molar-refractivity contribution in [3.05, 3.63) is 140 Å². The van der Waals surface area contributed by atoms with Crippen LogP contribution in [0.2, 0.25) is 0 Å². The molecule has 6 aromatic carbocycles. The van der Waals surface area contributed by atoms with Crippen molar-refractivity contribution < 1.29 is 8.83 Å². The summed E-state index contributed by atoms with van der Waals surface area (Å²) in [7, 11) is 0. The summed E-state index contributed by atoms with van der Waals surface area (Å²) in [6.45, 7) is 0. The third-order valence-corrected chi connectivity index (χ3v) is 8.80. The SMILES string of the molecule is c1ccc(-c2nc(-c3cccc(-n4c5ccccc5c5cc6c(cc54)oc4ccccc46)c3)c3oc4ccccc4c3n2)cc1. The van der Waals surface area contributed by atoms with E-state index in [1.165, 1.54) is 10.8 Å². The molecule has 0 amide bonds. The fourth-order valence-electron chi connectivity index (χ4n) is 6.76. The molecule has 4 heterocycles. The second kappa shape index (κ2) is 9.15. The van der Waals surface area contributed by atoms with Crippen molar-refractivity contribution in [3.8, 4) is 28.3 Å². The molecular weight excluding hydrogens is 554 g/mol. The first-order valence-corrected chi connectivity index (χ1v) is 15.0. The molecular formula is C40H23N3O2. The van der Waals surface area contributed by atoms with Crippen LogP contribution < -0.4 is 0 Å². The molecule has 0 aliphatic rings. The van der Waals surface area contributed by atoms with Crippen LogP contribution in [0, 0.1) is 0 Å². The summed E-state index contributed by atoms with van der Waals surface area (Å²) in [5.41, 5.74) is 9.96. The molecule has 0 aliphatic carbocycles. The molecule has 0 saturated heterocycles. The van der Waals surface area contributed by atoms with Crippen LogP contribution in [0.1, 0.15) is 0 Å². The topological polar surface area (TPSA) is 57.0 Å². The Morgan fingerprint density at radius 2 is 1.16 bits per heavy atom. The number of rotatable bonds is 3. The minimum Gasteiger partial charge on any atom is -0.456 e. The van der Waals surface area contributed by atoms with Gasteiger partial charge in [-0.3, -0.25) is 0 Å². The van der Waals surface area contributed by atoms with Crippen molar-refractivity contribution in [3.63, 3.8) is 0 Å². The molecule has 0 aliphatic heterocycles. The maximum Gasteiger partial charge on any atom is 0.180 e. The van der Waals surface area contributed by atoms with Crippen LogP contribution >= 0.6 is 0 Å². The van der Waals surface area contributed by atoms with Gasteiger partial charge in [0, 0.05) is 49.8 Å². The van der Waals surface area contributed by atoms with Crippen LogP contribution in [0.3, 0.4) is 0 Å². The monoisotopic (exact) mass is 577 g/mol. The Labute approximate surface area is 256 Å². The predicted octanol–water partition coefficient (Wildman–Crippen LogP) is 10.7. The van der Waals surface area contributed by atoms with Gasteiger partial charge in [0.25, 0.3) is 0 Å². The molecule has 0 bridgehead atoms. The average Bonchev–Trinajstić information content (AvgIpc) is 3.76. The maximum absolute atomic E-state index is 6.43. The van der Waals surface area contributed by atoms with Gasteiger partial charge in [-0.2, -0.15) is 0 Å². The molecule has 0 fully saturated rings. The molecule has 0 radical (unpaired) electrons. The zero-order valence-electron chi connectivity index (χ0n) is 23.9. The number of aromatic nitrogens is 3. The highest BCUT2D eigenvalue weighted by molar-refractivity contribution is 6.17. The lowest BCUT2D eigenvalue weighted by Crippen LogP contribution is -1.97. The van der Waals surface area contributed by atoms with Gasteiger partial charge in [-0.25, -0.2) is 9.97 Å². The minimum atomic E-state index is 0.666. The number of furan rings is 2. The van der Waals surface area contributed by atoms with Gasteiger partial charge in [-0.15, -0.1) is 0 Å². The first kappa shape index (κ1) is 24.3. The highest BCUT2D eigenvalue weighted by Crippen LogP contribution is 2.40. The van der Waals surface area contributed by atoms with Gasteiger partial charge in [-0.05, 0) is 42.5 Å². The summed E-state index contributed by atoms with van der Waals surface area (Å²) >= 11 is 0. The summed E-state index contributed by atoms with van der Waals surface area (Å²) in [4.78, 5) is 10.1. The van der Waals surface area contributed by atoms with Crippen molar-refractivity contribution in [1.82, 2.24) is 14.5 Å². The first-order valence-electron chi connectivity index (χ1n) is 15.0. The molecule has 4 aromatic heterocycles. The number of benzene rings is 6. The van der Waals surface area contributed by atoms with E-state index in [1.54, 1.807) is 0 Å². The lowest BCUT2D eigenvalue weighted by Gasteiger charge is -2.11. The predicted molar refractivity (Wildman–Crippen MR) is 182 cm³/mol. The van der Waals surface area contributed by atoms with Gasteiger partial charge in [-0.1, -0.05) is 91.0 Å². The molecule has 45 heavy (non-hydrogen) atoms. The second-order valence-corrected chi connectivity index (χ2v) is 11.4. The Kier molecular flexibility index (Phi) is 4.93. The molecule has 0 atom stereocenters. The minimum absolute atomic E-state index is 0.666. The van der Waals surface area contributed by atoms with Crippen molar-refractivity contribution in [1.29, 1.82) is 0 Å². The standard InChI is InChI=1S/C40H23N3O2/c1-2-11-24(12-3-1)40-41-37(39-38(42-40)29-17-6-9-20-35(29)45-39)25-13-10-14-26(21-25)43-32-18-7-4-15-27(32)30-22-31-28-16-5-8-19-34(28)44-36(31)23-33(30)43/h1-23H. The highest BCUT2D eigenvalue weighted by atomic mass is 16.3. The maximum atomic E-state index is 6.43. The smallest absolute Gasteiger partial charge is 0.180 e. The number of hydrogen-bond acceptors (Lipinski definition) is 4. The van der Waals surface area contributed by atoms with E-state index >= 15 is 0 Å². The summed E-state index contributed by atoms with van der Waals surface area (Å²) in [5.74, 6) is 0.666. The Bertz CT molecular complexity index is 2770. The highest BCUT2D eigenvalue weighted by Gasteiger charge is 2.20. The molecule has 0 unspecified atom stereocenters. The van der Waals surface area contributed by atoms with Crippen LogP contribution in [-0.4, -0.2) is 14.5 Å². The molecule has 10 rings (SSSR count). The third kappa shape index (κ3) is 3.55. The van der Waals surface area contributed by atoms with Crippen molar-refractivity contribution in [2.75, 3.05) is 0 Å². The Morgan fingerprint density at radius 1 is 0.444 bits per heavy atom. The van der Waals surface area contributed by atoms with Gasteiger partial charge < -0.3 is 13.4 Å². The largest absolute Gasteiger partial charge is 0.456 e. The molecule has 5 heteroatoms. The average molecular weight is 578 g/mol.